The van der Waals surface area contributed by atoms with Crippen LogP contribution in [0.5, 0.6) is 0 Å². The van der Waals surface area contributed by atoms with Crippen molar-refractivity contribution in [1.29, 1.82) is 0 Å². The molecule has 1 heterocycles. The van der Waals surface area contributed by atoms with Gasteiger partial charge in [-0.3, -0.25) is 4.79 Å². The van der Waals surface area contributed by atoms with E-state index in [-0.39, 0.29) is 33.8 Å². The van der Waals surface area contributed by atoms with Crippen LogP contribution in [0.1, 0.15) is 35.7 Å². The van der Waals surface area contributed by atoms with E-state index < -0.39 is 15.9 Å². The second kappa shape index (κ2) is 8.59. The summed E-state index contributed by atoms with van der Waals surface area (Å²) in [5, 5.41) is 2.80. The van der Waals surface area contributed by atoms with Crippen molar-refractivity contribution in [2.75, 3.05) is 13.1 Å². The Hall–Kier alpha value is -1.96. The molecule has 0 bridgehead atoms. The van der Waals surface area contributed by atoms with Crippen molar-refractivity contribution < 1.29 is 17.6 Å². The van der Waals surface area contributed by atoms with Crippen LogP contribution in [-0.4, -0.2) is 31.7 Å². The Balaban J connectivity index is 1.78. The molecule has 0 spiro atoms. The number of hydrogen-bond donors (Lipinski definition) is 1. The van der Waals surface area contributed by atoms with Crippen LogP contribution in [0.2, 0.25) is 5.02 Å². The summed E-state index contributed by atoms with van der Waals surface area (Å²) < 4.78 is 40.4. The predicted molar refractivity (Wildman–Crippen MR) is 106 cm³/mol. The molecular formula is C20H22ClFN2O3S. The molecule has 1 saturated heterocycles. The first-order valence-electron chi connectivity index (χ1n) is 9.09. The molecule has 8 heteroatoms. The Morgan fingerprint density at radius 3 is 2.64 bits per heavy atom. The van der Waals surface area contributed by atoms with Crippen molar-refractivity contribution in [3.8, 4) is 0 Å². The zero-order chi connectivity index (χ0) is 20.3. The maximum atomic E-state index is 13.0. The molecule has 1 atom stereocenters. The number of amides is 1. The molecule has 1 aliphatic rings. The molecule has 2 aromatic rings. The quantitative estimate of drug-likeness (QED) is 0.793. The number of benzene rings is 2. The third-order valence-corrected chi connectivity index (χ3v) is 7.14. The van der Waals surface area contributed by atoms with Gasteiger partial charge in [0.1, 0.15) is 10.7 Å². The average molecular weight is 425 g/mol. The number of rotatable bonds is 5. The van der Waals surface area contributed by atoms with Gasteiger partial charge in [-0.1, -0.05) is 30.7 Å². The summed E-state index contributed by atoms with van der Waals surface area (Å²) in [5.41, 5.74) is 0.939. The van der Waals surface area contributed by atoms with Gasteiger partial charge < -0.3 is 5.32 Å². The van der Waals surface area contributed by atoms with Gasteiger partial charge in [-0.05, 0) is 54.7 Å². The summed E-state index contributed by atoms with van der Waals surface area (Å²) in [4.78, 5) is 12.4. The third kappa shape index (κ3) is 4.71. The molecule has 2 aromatic carbocycles. The normalized spacial score (nSPS) is 18.0. The van der Waals surface area contributed by atoms with E-state index >= 15 is 0 Å². The fourth-order valence-corrected chi connectivity index (χ4v) is 5.33. The highest BCUT2D eigenvalue weighted by Crippen LogP contribution is 2.29. The summed E-state index contributed by atoms with van der Waals surface area (Å²) in [5.74, 6) is -0.497. The Kier molecular flexibility index (Phi) is 6.37. The van der Waals surface area contributed by atoms with Crippen LogP contribution in [0.3, 0.4) is 0 Å². The van der Waals surface area contributed by atoms with Crippen LogP contribution < -0.4 is 5.32 Å². The van der Waals surface area contributed by atoms with Crippen LogP contribution >= 0.6 is 11.6 Å². The van der Waals surface area contributed by atoms with Gasteiger partial charge in [-0.2, -0.15) is 4.31 Å². The molecule has 150 valence electrons. The minimum absolute atomic E-state index is 0.0577. The minimum Gasteiger partial charge on any atom is -0.348 e. The molecule has 28 heavy (non-hydrogen) atoms. The van der Waals surface area contributed by atoms with E-state index in [1.54, 1.807) is 12.1 Å². The molecule has 0 saturated carbocycles. The Bertz CT molecular complexity index is 964. The Labute approximate surface area is 169 Å². The monoisotopic (exact) mass is 424 g/mol. The maximum Gasteiger partial charge on any atom is 0.251 e. The molecule has 0 radical (unpaired) electrons. The number of carbonyl (C=O) groups excluding carboxylic acids is 1. The number of halogens is 2. The highest BCUT2D eigenvalue weighted by molar-refractivity contribution is 7.89. The molecule has 0 aromatic heterocycles. The van der Waals surface area contributed by atoms with Crippen LogP contribution in [0.15, 0.2) is 47.4 Å². The summed E-state index contributed by atoms with van der Waals surface area (Å²) in [6.07, 6.45) is 1.79. The third-order valence-electron chi connectivity index (χ3n) is 4.80. The van der Waals surface area contributed by atoms with E-state index in [4.69, 9.17) is 11.6 Å². The molecule has 0 aliphatic carbocycles. The number of hydrogen-bond acceptors (Lipinski definition) is 3. The van der Waals surface area contributed by atoms with Gasteiger partial charge in [-0.25, -0.2) is 12.8 Å². The lowest BCUT2D eigenvalue weighted by Crippen LogP contribution is -2.39. The van der Waals surface area contributed by atoms with Gasteiger partial charge >= 0.3 is 0 Å². The van der Waals surface area contributed by atoms with Gasteiger partial charge in [0.05, 0.1) is 5.02 Å². The smallest absolute Gasteiger partial charge is 0.251 e. The molecular weight excluding hydrogens is 403 g/mol. The summed E-state index contributed by atoms with van der Waals surface area (Å²) >= 11 is 6.16. The van der Waals surface area contributed by atoms with Gasteiger partial charge in [0.15, 0.2) is 0 Å². The zero-order valence-electron chi connectivity index (χ0n) is 15.5. The molecule has 1 fully saturated rings. The van der Waals surface area contributed by atoms with Gasteiger partial charge in [0, 0.05) is 25.2 Å². The predicted octanol–water partition coefficient (Wildman–Crippen LogP) is 3.83. The fraction of sp³-hybridized carbons (Fsp3) is 0.350. The Morgan fingerprint density at radius 1 is 1.25 bits per heavy atom. The van der Waals surface area contributed by atoms with Crippen molar-refractivity contribution in [3.63, 3.8) is 0 Å². The van der Waals surface area contributed by atoms with Crippen molar-refractivity contribution in [3.05, 3.63) is 64.4 Å². The second-order valence-corrected chi connectivity index (χ2v) is 9.38. The molecule has 3 rings (SSSR count). The largest absolute Gasteiger partial charge is 0.348 e. The van der Waals surface area contributed by atoms with E-state index in [2.05, 4.69) is 5.32 Å². The van der Waals surface area contributed by atoms with Gasteiger partial charge in [-0.15, -0.1) is 0 Å². The standard InChI is InChI=1S/C20H22ClFN2O3S/c1-14-3-2-10-24(13-14)28(26,27)19-11-16(6-9-18(19)21)20(25)23-12-15-4-7-17(22)8-5-15/h4-9,11,14H,2-3,10,12-13H2,1H3,(H,23,25). The SMILES string of the molecule is CC1CCCN(S(=O)(=O)c2cc(C(=O)NCc3ccc(F)cc3)ccc2Cl)C1. The highest BCUT2D eigenvalue weighted by Gasteiger charge is 2.30. The lowest BCUT2D eigenvalue weighted by molar-refractivity contribution is 0.0950. The van der Waals surface area contributed by atoms with Gasteiger partial charge in [0.25, 0.3) is 5.91 Å². The molecule has 1 aliphatic heterocycles. The van der Waals surface area contributed by atoms with E-state index in [0.717, 1.165) is 18.4 Å². The number of piperidine rings is 1. The first-order valence-corrected chi connectivity index (χ1v) is 10.9. The van der Waals surface area contributed by atoms with E-state index in [9.17, 15) is 17.6 Å². The van der Waals surface area contributed by atoms with Crippen molar-refractivity contribution in [2.45, 2.75) is 31.2 Å². The lowest BCUT2D eigenvalue weighted by Gasteiger charge is -2.30. The van der Waals surface area contributed by atoms with Crippen molar-refractivity contribution in [1.82, 2.24) is 9.62 Å². The lowest BCUT2D eigenvalue weighted by atomic mass is 10.0. The number of sulfonamides is 1. The van der Waals surface area contributed by atoms with E-state index in [1.165, 1.54) is 34.6 Å². The molecule has 1 amide bonds. The molecule has 1 unspecified atom stereocenters. The molecule has 5 nitrogen and oxygen atoms in total. The summed E-state index contributed by atoms with van der Waals surface area (Å²) in [7, 11) is -3.77. The van der Waals surface area contributed by atoms with Gasteiger partial charge in [0.2, 0.25) is 10.0 Å². The first kappa shape index (κ1) is 20.8. The van der Waals surface area contributed by atoms with Crippen LogP contribution in [0.4, 0.5) is 4.39 Å². The highest BCUT2D eigenvalue weighted by atomic mass is 35.5. The van der Waals surface area contributed by atoms with E-state index in [0.29, 0.717) is 13.1 Å². The fourth-order valence-electron chi connectivity index (χ4n) is 3.23. The van der Waals surface area contributed by atoms with Crippen molar-refractivity contribution >= 4 is 27.5 Å². The second-order valence-electron chi connectivity index (χ2n) is 7.06. The maximum absolute atomic E-state index is 13.0. The topological polar surface area (TPSA) is 66.5 Å². The first-order chi connectivity index (χ1) is 13.3. The zero-order valence-corrected chi connectivity index (χ0v) is 17.1. The van der Waals surface area contributed by atoms with Crippen LogP contribution in [-0.2, 0) is 16.6 Å². The van der Waals surface area contributed by atoms with Crippen LogP contribution in [0.25, 0.3) is 0 Å². The van der Waals surface area contributed by atoms with Crippen molar-refractivity contribution in [2.24, 2.45) is 5.92 Å². The molecule has 1 N–H and O–H groups in total. The minimum atomic E-state index is -3.77. The Morgan fingerprint density at radius 2 is 1.96 bits per heavy atom. The van der Waals surface area contributed by atoms with Crippen LogP contribution in [0, 0.1) is 11.7 Å². The summed E-state index contributed by atoms with van der Waals surface area (Å²) in [6, 6.07) is 10.0. The number of nitrogens with one attached hydrogen (secondary N) is 1. The van der Waals surface area contributed by atoms with E-state index in [1.807, 2.05) is 6.92 Å². The number of carbonyl (C=O) groups is 1. The summed E-state index contributed by atoms with van der Waals surface area (Å²) in [6.45, 7) is 3.11. The number of nitrogens with zero attached hydrogens (tertiary/aromatic N) is 1. The average Bonchev–Trinajstić information content (AvgIpc) is 2.67.